The third-order valence-corrected chi connectivity index (χ3v) is 4.99. The molecule has 8 nitrogen and oxygen atoms in total. The molecule has 2 heterocycles. The Morgan fingerprint density at radius 2 is 1.93 bits per heavy atom. The molecule has 0 aromatic heterocycles. The molecule has 150 valence electrons. The smallest absolute Gasteiger partial charge is 0.270 e. The first-order valence-electron chi connectivity index (χ1n) is 9.45. The summed E-state index contributed by atoms with van der Waals surface area (Å²) in [5.74, 6) is 0.647. The highest BCUT2D eigenvalue weighted by atomic mass is 16.7. The van der Waals surface area contributed by atoms with Gasteiger partial charge in [0.2, 0.25) is 12.7 Å². The molecule has 0 bridgehead atoms. The van der Waals surface area contributed by atoms with E-state index in [9.17, 15) is 9.59 Å². The van der Waals surface area contributed by atoms with Crippen molar-refractivity contribution in [3.05, 3.63) is 54.1 Å². The lowest BCUT2D eigenvalue weighted by molar-refractivity contribution is -0.124. The van der Waals surface area contributed by atoms with Gasteiger partial charge in [0.05, 0.1) is 5.69 Å². The minimum absolute atomic E-state index is 0.181. The van der Waals surface area contributed by atoms with Gasteiger partial charge in [-0.2, -0.15) is 5.10 Å². The monoisotopic (exact) mass is 394 g/mol. The van der Waals surface area contributed by atoms with Crippen molar-refractivity contribution in [1.82, 2.24) is 4.90 Å². The van der Waals surface area contributed by atoms with E-state index in [0.29, 0.717) is 30.3 Å². The molecule has 0 fully saturated rings. The number of hydrazone groups is 1. The van der Waals surface area contributed by atoms with Gasteiger partial charge in [0.15, 0.2) is 11.5 Å². The number of hydrogen-bond acceptors (Lipinski definition) is 6. The Hall–Kier alpha value is -3.55. The number of para-hydroxylation sites is 1. The number of rotatable bonds is 6. The standard InChI is InChI=1S/C21H22N4O4/c1-2-24(12-14-8-9-18-19(10-14)29-13-28-18)21(27)16-11-17(20(22)26)25(23-16)15-6-4-3-5-7-15/h3-10,17H,2,11-13H2,1H3,(H2,22,26)/t17-/m0/s1. The van der Waals surface area contributed by atoms with Gasteiger partial charge in [0.25, 0.3) is 5.91 Å². The largest absolute Gasteiger partial charge is 0.454 e. The number of anilines is 1. The van der Waals surface area contributed by atoms with E-state index in [0.717, 1.165) is 11.3 Å². The maximum Gasteiger partial charge on any atom is 0.270 e. The van der Waals surface area contributed by atoms with Crippen molar-refractivity contribution in [2.75, 3.05) is 18.3 Å². The van der Waals surface area contributed by atoms with Crippen LogP contribution in [0.5, 0.6) is 11.5 Å². The lowest BCUT2D eigenvalue weighted by Crippen LogP contribution is -2.40. The Balaban J connectivity index is 1.54. The van der Waals surface area contributed by atoms with Gasteiger partial charge in [-0.3, -0.25) is 14.6 Å². The van der Waals surface area contributed by atoms with E-state index in [4.69, 9.17) is 15.2 Å². The number of hydrogen-bond donors (Lipinski definition) is 1. The first kappa shape index (κ1) is 18.8. The third-order valence-electron chi connectivity index (χ3n) is 4.99. The van der Waals surface area contributed by atoms with Gasteiger partial charge in [-0.25, -0.2) is 0 Å². The molecule has 0 unspecified atom stereocenters. The van der Waals surface area contributed by atoms with E-state index in [1.165, 1.54) is 5.01 Å². The highest BCUT2D eigenvalue weighted by Crippen LogP contribution is 2.33. The average Bonchev–Trinajstić information content (AvgIpc) is 3.39. The van der Waals surface area contributed by atoms with Crippen LogP contribution in [0.2, 0.25) is 0 Å². The predicted molar refractivity (Wildman–Crippen MR) is 108 cm³/mol. The summed E-state index contributed by atoms with van der Waals surface area (Å²) in [6, 6.07) is 14.2. The van der Waals surface area contributed by atoms with Crippen LogP contribution in [0.1, 0.15) is 18.9 Å². The molecule has 2 N–H and O–H groups in total. The van der Waals surface area contributed by atoms with Crippen LogP contribution in [0.15, 0.2) is 53.6 Å². The van der Waals surface area contributed by atoms with E-state index in [1.54, 1.807) is 4.90 Å². The summed E-state index contributed by atoms with van der Waals surface area (Å²) in [5.41, 5.74) is 7.53. The molecule has 0 saturated carbocycles. The molecular formula is C21H22N4O4. The van der Waals surface area contributed by atoms with Crippen LogP contribution in [-0.4, -0.2) is 41.8 Å². The number of nitrogens with two attached hydrogens (primary N) is 1. The summed E-state index contributed by atoms with van der Waals surface area (Å²) < 4.78 is 10.7. The molecule has 2 aromatic carbocycles. The second kappa shape index (κ2) is 7.83. The summed E-state index contributed by atoms with van der Waals surface area (Å²) in [6.45, 7) is 3.01. The Bertz CT molecular complexity index is 960. The van der Waals surface area contributed by atoms with Crippen LogP contribution in [0.3, 0.4) is 0 Å². The van der Waals surface area contributed by atoms with Crippen molar-refractivity contribution in [1.29, 1.82) is 0 Å². The van der Waals surface area contributed by atoms with Crippen molar-refractivity contribution in [2.45, 2.75) is 25.9 Å². The SMILES string of the molecule is CCN(Cc1ccc2c(c1)OCO2)C(=O)C1=NN(c2ccccc2)[C@H](C(N)=O)C1. The number of primary amides is 1. The van der Waals surface area contributed by atoms with Crippen LogP contribution < -0.4 is 20.2 Å². The topological polar surface area (TPSA) is 97.5 Å². The van der Waals surface area contributed by atoms with Crippen LogP contribution >= 0.6 is 0 Å². The number of nitrogens with zero attached hydrogens (tertiary/aromatic N) is 3. The summed E-state index contributed by atoms with van der Waals surface area (Å²) in [4.78, 5) is 26.8. The Kier molecular flexibility index (Phi) is 5.07. The lowest BCUT2D eigenvalue weighted by atomic mass is 10.1. The number of ether oxygens (including phenoxy) is 2. The maximum atomic E-state index is 13.1. The van der Waals surface area contributed by atoms with Crippen molar-refractivity contribution >= 4 is 23.2 Å². The molecule has 0 spiro atoms. The highest BCUT2D eigenvalue weighted by molar-refractivity contribution is 6.40. The van der Waals surface area contributed by atoms with Crippen molar-refractivity contribution in [2.24, 2.45) is 10.8 Å². The highest BCUT2D eigenvalue weighted by Gasteiger charge is 2.36. The van der Waals surface area contributed by atoms with Crippen LogP contribution in [0.25, 0.3) is 0 Å². The quantitative estimate of drug-likeness (QED) is 0.807. The van der Waals surface area contributed by atoms with E-state index in [-0.39, 0.29) is 19.1 Å². The minimum Gasteiger partial charge on any atom is -0.454 e. The van der Waals surface area contributed by atoms with Gasteiger partial charge in [-0.05, 0) is 36.8 Å². The molecule has 2 aromatic rings. The molecule has 2 aliphatic rings. The second-order valence-corrected chi connectivity index (χ2v) is 6.86. The molecule has 0 radical (unpaired) electrons. The van der Waals surface area contributed by atoms with Crippen molar-refractivity contribution in [3.63, 3.8) is 0 Å². The maximum absolute atomic E-state index is 13.1. The minimum atomic E-state index is -0.680. The summed E-state index contributed by atoms with van der Waals surface area (Å²) in [6.07, 6.45) is 0.181. The molecule has 1 atom stereocenters. The molecule has 8 heteroatoms. The number of benzene rings is 2. The summed E-state index contributed by atoms with van der Waals surface area (Å²) in [5, 5.41) is 5.97. The van der Waals surface area contributed by atoms with Gasteiger partial charge in [-0.15, -0.1) is 0 Å². The number of amides is 2. The zero-order chi connectivity index (χ0) is 20.4. The van der Waals surface area contributed by atoms with Crippen molar-refractivity contribution in [3.8, 4) is 11.5 Å². The first-order valence-corrected chi connectivity index (χ1v) is 9.45. The Labute approximate surface area is 168 Å². The zero-order valence-electron chi connectivity index (χ0n) is 16.1. The van der Waals surface area contributed by atoms with Crippen molar-refractivity contribution < 1.29 is 19.1 Å². The number of fused-ring (bicyclic) bond motifs is 1. The fourth-order valence-electron chi connectivity index (χ4n) is 3.45. The third kappa shape index (κ3) is 3.73. The second-order valence-electron chi connectivity index (χ2n) is 6.86. The molecular weight excluding hydrogens is 372 g/mol. The van der Waals surface area contributed by atoms with Gasteiger partial charge >= 0.3 is 0 Å². The molecule has 0 aliphatic carbocycles. The first-order chi connectivity index (χ1) is 14.1. The van der Waals surface area contributed by atoms with Gasteiger partial charge in [0, 0.05) is 19.5 Å². The fourth-order valence-corrected chi connectivity index (χ4v) is 3.45. The van der Waals surface area contributed by atoms with E-state index >= 15 is 0 Å². The molecule has 29 heavy (non-hydrogen) atoms. The molecule has 4 rings (SSSR count). The van der Waals surface area contributed by atoms with E-state index < -0.39 is 11.9 Å². The zero-order valence-corrected chi connectivity index (χ0v) is 16.1. The van der Waals surface area contributed by atoms with Crippen LogP contribution in [-0.2, 0) is 16.1 Å². The molecule has 2 amide bonds. The van der Waals surface area contributed by atoms with Crippen LogP contribution in [0.4, 0.5) is 5.69 Å². The van der Waals surface area contributed by atoms with Gasteiger partial charge in [-0.1, -0.05) is 24.3 Å². The van der Waals surface area contributed by atoms with Gasteiger partial charge in [0.1, 0.15) is 11.8 Å². The fraction of sp³-hybridized carbons (Fsp3) is 0.286. The van der Waals surface area contributed by atoms with E-state index in [2.05, 4.69) is 5.10 Å². The normalized spacial score (nSPS) is 17.2. The van der Waals surface area contributed by atoms with E-state index in [1.807, 2.05) is 55.5 Å². The summed E-state index contributed by atoms with van der Waals surface area (Å²) >= 11 is 0. The Morgan fingerprint density at radius 1 is 1.17 bits per heavy atom. The van der Waals surface area contributed by atoms with Crippen LogP contribution in [0, 0.1) is 0 Å². The average molecular weight is 394 g/mol. The van der Waals surface area contributed by atoms with Gasteiger partial charge < -0.3 is 20.1 Å². The molecule has 2 aliphatic heterocycles. The number of carbonyl (C=O) groups is 2. The molecule has 0 saturated heterocycles. The Morgan fingerprint density at radius 3 is 2.66 bits per heavy atom. The number of carbonyl (C=O) groups excluding carboxylic acids is 2. The lowest BCUT2D eigenvalue weighted by Gasteiger charge is -2.21. The predicted octanol–water partition coefficient (Wildman–Crippen LogP) is 1.88. The summed E-state index contributed by atoms with van der Waals surface area (Å²) in [7, 11) is 0.